The maximum Gasteiger partial charge on any atom is 0.158 e. The van der Waals surface area contributed by atoms with Crippen LogP contribution in [-0.4, -0.2) is 28.0 Å². The fraction of sp³-hybridized carbons (Fsp3) is 0.385. The second kappa shape index (κ2) is 5.27. The summed E-state index contributed by atoms with van der Waals surface area (Å²) >= 11 is 6.19. The van der Waals surface area contributed by atoms with Crippen molar-refractivity contribution in [2.75, 3.05) is 13.1 Å². The monoisotopic (exact) mass is 280 g/mol. The number of rotatable bonds is 2. The maximum atomic E-state index is 12.9. The van der Waals surface area contributed by atoms with Crippen LogP contribution in [0.5, 0.6) is 0 Å². The molecule has 1 saturated heterocycles. The Morgan fingerprint density at radius 3 is 2.74 bits per heavy atom. The molecule has 6 heteroatoms. The van der Waals surface area contributed by atoms with Gasteiger partial charge in [0.15, 0.2) is 11.0 Å². The molecule has 100 valence electrons. The zero-order chi connectivity index (χ0) is 13.2. The van der Waals surface area contributed by atoms with Gasteiger partial charge in [-0.15, -0.1) is 0 Å². The van der Waals surface area contributed by atoms with Crippen molar-refractivity contribution >= 4 is 11.6 Å². The summed E-state index contributed by atoms with van der Waals surface area (Å²) in [5.41, 5.74) is 1.56. The van der Waals surface area contributed by atoms with Crippen LogP contribution >= 0.6 is 11.6 Å². The van der Waals surface area contributed by atoms with E-state index in [0.29, 0.717) is 22.6 Å². The molecule has 1 aliphatic rings. The molecule has 0 saturated carbocycles. The Morgan fingerprint density at radius 1 is 1.26 bits per heavy atom. The Labute approximate surface area is 115 Å². The molecule has 0 atom stereocenters. The number of pyridine rings is 1. The number of H-pyrrole nitrogens is 1. The second-order valence-corrected chi connectivity index (χ2v) is 5.03. The van der Waals surface area contributed by atoms with Crippen LogP contribution in [0.4, 0.5) is 4.39 Å². The van der Waals surface area contributed by atoms with E-state index < -0.39 is 0 Å². The summed E-state index contributed by atoms with van der Waals surface area (Å²) in [5, 5.41) is 3.81. The van der Waals surface area contributed by atoms with Gasteiger partial charge in [-0.1, -0.05) is 11.6 Å². The molecule has 0 radical (unpaired) electrons. The SMILES string of the molecule is Fc1ccc(-c2nc(Cl)c(C3CCNCC3)[nH]2)nc1. The van der Waals surface area contributed by atoms with E-state index in [0.717, 1.165) is 31.6 Å². The van der Waals surface area contributed by atoms with Crippen molar-refractivity contribution in [2.45, 2.75) is 18.8 Å². The van der Waals surface area contributed by atoms with Gasteiger partial charge in [-0.05, 0) is 38.1 Å². The molecular weight excluding hydrogens is 267 g/mol. The van der Waals surface area contributed by atoms with E-state index in [1.807, 2.05) is 0 Å². The van der Waals surface area contributed by atoms with E-state index in [2.05, 4.69) is 20.3 Å². The van der Waals surface area contributed by atoms with Crippen LogP contribution in [0.25, 0.3) is 11.5 Å². The lowest BCUT2D eigenvalue weighted by Gasteiger charge is -2.21. The fourth-order valence-corrected chi connectivity index (χ4v) is 2.67. The van der Waals surface area contributed by atoms with Gasteiger partial charge in [0, 0.05) is 5.92 Å². The molecule has 3 heterocycles. The molecule has 19 heavy (non-hydrogen) atoms. The molecule has 0 spiro atoms. The van der Waals surface area contributed by atoms with Crippen molar-refractivity contribution in [3.8, 4) is 11.5 Å². The number of aromatic nitrogens is 3. The minimum Gasteiger partial charge on any atom is -0.339 e. The Balaban J connectivity index is 1.90. The van der Waals surface area contributed by atoms with E-state index in [4.69, 9.17) is 11.6 Å². The first-order chi connectivity index (χ1) is 9.24. The van der Waals surface area contributed by atoms with Gasteiger partial charge in [0.05, 0.1) is 11.9 Å². The molecular formula is C13H14ClFN4. The Kier molecular flexibility index (Phi) is 3.48. The van der Waals surface area contributed by atoms with Gasteiger partial charge in [0.1, 0.15) is 11.5 Å². The molecule has 0 amide bonds. The molecule has 1 aliphatic heterocycles. The van der Waals surface area contributed by atoms with E-state index >= 15 is 0 Å². The Hall–Kier alpha value is -1.46. The normalized spacial score (nSPS) is 16.7. The maximum absolute atomic E-state index is 12.9. The van der Waals surface area contributed by atoms with Crippen LogP contribution in [0.3, 0.4) is 0 Å². The second-order valence-electron chi connectivity index (χ2n) is 4.68. The van der Waals surface area contributed by atoms with E-state index in [1.165, 1.54) is 12.3 Å². The minimum absolute atomic E-state index is 0.361. The fourth-order valence-electron chi connectivity index (χ4n) is 2.38. The van der Waals surface area contributed by atoms with Crippen molar-refractivity contribution in [3.05, 3.63) is 35.0 Å². The first-order valence-corrected chi connectivity index (χ1v) is 6.70. The molecule has 0 bridgehead atoms. The summed E-state index contributed by atoms with van der Waals surface area (Å²) in [6, 6.07) is 2.96. The number of hydrogen-bond donors (Lipinski definition) is 2. The lowest BCUT2D eigenvalue weighted by Crippen LogP contribution is -2.26. The zero-order valence-corrected chi connectivity index (χ0v) is 11.0. The van der Waals surface area contributed by atoms with E-state index in [1.54, 1.807) is 6.07 Å². The molecule has 0 aromatic carbocycles. The number of hydrogen-bond acceptors (Lipinski definition) is 3. The number of aromatic amines is 1. The Bertz CT molecular complexity index is 561. The topological polar surface area (TPSA) is 53.6 Å². The summed E-state index contributed by atoms with van der Waals surface area (Å²) in [6.45, 7) is 1.98. The van der Waals surface area contributed by atoms with Crippen LogP contribution in [0.15, 0.2) is 18.3 Å². The van der Waals surface area contributed by atoms with Gasteiger partial charge in [-0.2, -0.15) is 0 Å². The van der Waals surface area contributed by atoms with Gasteiger partial charge >= 0.3 is 0 Å². The van der Waals surface area contributed by atoms with E-state index in [-0.39, 0.29) is 5.82 Å². The Morgan fingerprint density at radius 2 is 2.05 bits per heavy atom. The molecule has 2 aromatic heterocycles. The molecule has 3 rings (SSSR count). The highest BCUT2D eigenvalue weighted by Gasteiger charge is 2.21. The lowest BCUT2D eigenvalue weighted by molar-refractivity contribution is 0.454. The van der Waals surface area contributed by atoms with Gasteiger partial charge in [-0.3, -0.25) is 0 Å². The first-order valence-electron chi connectivity index (χ1n) is 6.32. The van der Waals surface area contributed by atoms with Crippen LogP contribution < -0.4 is 5.32 Å². The number of halogens is 2. The summed E-state index contributed by atoms with van der Waals surface area (Å²) < 4.78 is 12.9. The predicted molar refractivity (Wildman–Crippen MR) is 71.6 cm³/mol. The average Bonchev–Trinajstić information content (AvgIpc) is 2.83. The highest BCUT2D eigenvalue weighted by atomic mass is 35.5. The third-order valence-corrected chi connectivity index (χ3v) is 3.69. The van der Waals surface area contributed by atoms with Gasteiger partial charge in [-0.25, -0.2) is 14.4 Å². The average molecular weight is 281 g/mol. The molecule has 2 aromatic rings. The van der Waals surface area contributed by atoms with Crippen molar-refractivity contribution in [3.63, 3.8) is 0 Å². The van der Waals surface area contributed by atoms with Crippen molar-refractivity contribution in [1.82, 2.24) is 20.3 Å². The summed E-state index contributed by atoms with van der Waals surface area (Å²) in [5.74, 6) is 0.633. The summed E-state index contributed by atoms with van der Waals surface area (Å²) in [7, 11) is 0. The molecule has 0 unspecified atom stereocenters. The molecule has 1 fully saturated rings. The van der Waals surface area contributed by atoms with Crippen LogP contribution in [0, 0.1) is 5.82 Å². The highest BCUT2D eigenvalue weighted by Crippen LogP contribution is 2.31. The predicted octanol–water partition coefficient (Wildman–Crippen LogP) is 2.73. The first kappa shape index (κ1) is 12.6. The van der Waals surface area contributed by atoms with E-state index in [9.17, 15) is 4.39 Å². The van der Waals surface area contributed by atoms with Crippen LogP contribution in [0.1, 0.15) is 24.5 Å². The number of nitrogens with zero attached hydrogens (tertiary/aromatic N) is 2. The summed E-state index contributed by atoms with van der Waals surface area (Å²) in [4.78, 5) is 11.5. The molecule has 4 nitrogen and oxygen atoms in total. The van der Waals surface area contributed by atoms with Gasteiger partial charge in [0.25, 0.3) is 0 Å². The van der Waals surface area contributed by atoms with Crippen LogP contribution in [-0.2, 0) is 0 Å². The molecule has 0 aliphatic carbocycles. The van der Waals surface area contributed by atoms with Crippen molar-refractivity contribution < 1.29 is 4.39 Å². The largest absolute Gasteiger partial charge is 0.339 e. The quantitative estimate of drug-likeness (QED) is 0.889. The molecule has 2 N–H and O–H groups in total. The van der Waals surface area contributed by atoms with Crippen molar-refractivity contribution in [2.24, 2.45) is 0 Å². The van der Waals surface area contributed by atoms with Gasteiger partial charge in [0.2, 0.25) is 0 Å². The minimum atomic E-state index is -0.361. The highest BCUT2D eigenvalue weighted by molar-refractivity contribution is 6.30. The van der Waals surface area contributed by atoms with Crippen LogP contribution in [0.2, 0.25) is 5.15 Å². The lowest BCUT2D eigenvalue weighted by atomic mass is 9.95. The number of nitrogens with one attached hydrogen (secondary N) is 2. The number of imidazole rings is 1. The smallest absolute Gasteiger partial charge is 0.158 e. The van der Waals surface area contributed by atoms with Gasteiger partial charge < -0.3 is 10.3 Å². The third-order valence-electron chi connectivity index (χ3n) is 3.40. The zero-order valence-electron chi connectivity index (χ0n) is 10.3. The van der Waals surface area contributed by atoms with Crippen molar-refractivity contribution in [1.29, 1.82) is 0 Å². The number of piperidine rings is 1. The third kappa shape index (κ3) is 2.62. The standard InChI is InChI=1S/C13H14ClFN4/c14-12-11(8-3-5-16-6-4-8)18-13(19-12)10-2-1-9(15)7-17-10/h1-2,7-8,16H,3-6H2,(H,18,19). The summed E-state index contributed by atoms with van der Waals surface area (Å²) in [6.07, 6.45) is 3.26.